The van der Waals surface area contributed by atoms with Crippen molar-refractivity contribution >= 4 is 17.0 Å². The Morgan fingerprint density at radius 1 is 1.19 bits per heavy atom. The molecule has 1 aromatic heterocycles. The molecule has 1 aliphatic rings. The number of hydrogen-bond acceptors (Lipinski definition) is 4. The maximum absolute atomic E-state index is 6.66. The van der Waals surface area contributed by atoms with E-state index in [-0.39, 0.29) is 5.54 Å². The Bertz CT molecular complexity index is 583. The predicted molar refractivity (Wildman–Crippen MR) is 90.0 cm³/mol. The molecule has 2 aromatic rings. The summed E-state index contributed by atoms with van der Waals surface area (Å²) in [5, 5.41) is 3.27. The van der Waals surface area contributed by atoms with Crippen LogP contribution >= 0.6 is 11.3 Å². The summed E-state index contributed by atoms with van der Waals surface area (Å²) in [4.78, 5) is 7.20. The lowest BCUT2D eigenvalue weighted by Crippen LogP contribution is -2.48. The van der Waals surface area contributed by atoms with Crippen LogP contribution in [0.4, 0.5) is 5.69 Å². The smallest absolute Gasteiger partial charge is 0.113 e. The van der Waals surface area contributed by atoms with Gasteiger partial charge in [-0.2, -0.15) is 0 Å². The number of para-hydroxylation sites is 1. The summed E-state index contributed by atoms with van der Waals surface area (Å²) in [7, 11) is 0. The number of nitrogens with zero attached hydrogens (tertiary/aromatic N) is 2. The molecule has 0 atom stereocenters. The van der Waals surface area contributed by atoms with E-state index in [2.05, 4.69) is 54.5 Å². The molecule has 4 heteroatoms. The van der Waals surface area contributed by atoms with Crippen molar-refractivity contribution in [2.75, 3.05) is 18.0 Å². The lowest BCUT2D eigenvalue weighted by Gasteiger charge is -2.39. The van der Waals surface area contributed by atoms with Gasteiger partial charge in [0, 0.05) is 24.2 Å². The number of piperidine rings is 1. The summed E-state index contributed by atoms with van der Waals surface area (Å²) < 4.78 is 0. The number of nitrogens with two attached hydrogens (primary N) is 1. The van der Waals surface area contributed by atoms with E-state index in [1.54, 1.807) is 11.3 Å². The summed E-state index contributed by atoms with van der Waals surface area (Å²) >= 11 is 1.73. The fraction of sp³-hybridized carbons (Fsp3) is 0.471. The number of hydrogen-bond donors (Lipinski definition) is 1. The van der Waals surface area contributed by atoms with Crippen molar-refractivity contribution in [1.29, 1.82) is 0 Å². The van der Waals surface area contributed by atoms with Crippen LogP contribution < -0.4 is 10.6 Å². The van der Waals surface area contributed by atoms with Gasteiger partial charge in [-0.05, 0) is 30.9 Å². The second kappa shape index (κ2) is 5.78. The van der Waals surface area contributed by atoms with Crippen molar-refractivity contribution in [3.63, 3.8) is 0 Å². The fourth-order valence-electron chi connectivity index (χ4n) is 2.80. The molecule has 3 nitrogen and oxygen atoms in total. The van der Waals surface area contributed by atoms with Gasteiger partial charge in [0.1, 0.15) is 5.01 Å². The molecule has 112 valence electrons. The highest BCUT2D eigenvalue weighted by atomic mass is 32.1. The summed E-state index contributed by atoms with van der Waals surface area (Å²) in [5.41, 5.74) is 8.87. The summed E-state index contributed by atoms with van der Waals surface area (Å²) in [6, 6.07) is 10.6. The molecule has 2 heterocycles. The number of benzene rings is 1. The van der Waals surface area contributed by atoms with Crippen LogP contribution in [-0.2, 0) is 5.54 Å². The predicted octanol–water partition coefficient (Wildman–Crippen LogP) is 3.72. The van der Waals surface area contributed by atoms with Crippen molar-refractivity contribution < 1.29 is 0 Å². The van der Waals surface area contributed by atoms with Gasteiger partial charge in [-0.3, -0.25) is 0 Å². The van der Waals surface area contributed by atoms with Crippen molar-refractivity contribution in [2.24, 2.45) is 5.73 Å². The molecule has 1 aromatic carbocycles. The van der Waals surface area contributed by atoms with Crippen LogP contribution in [-0.4, -0.2) is 18.1 Å². The maximum Gasteiger partial charge on any atom is 0.113 e. The van der Waals surface area contributed by atoms with Gasteiger partial charge in [0.15, 0.2) is 0 Å². The molecule has 0 unspecified atom stereocenters. The molecule has 0 bridgehead atoms. The molecule has 0 saturated carbocycles. The van der Waals surface area contributed by atoms with Gasteiger partial charge in [-0.15, -0.1) is 11.3 Å². The highest BCUT2D eigenvalue weighted by Gasteiger charge is 2.35. The van der Waals surface area contributed by atoms with Crippen LogP contribution in [0.1, 0.15) is 43.3 Å². The van der Waals surface area contributed by atoms with E-state index in [9.17, 15) is 0 Å². The quantitative estimate of drug-likeness (QED) is 0.939. The second-order valence-electron chi connectivity index (χ2n) is 6.21. The standard InChI is InChI=1S/C17H23N3S/c1-13(2)15-12-21-16(19-15)17(18)8-10-20(11-9-17)14-6-4-3-5-7-14/h3-7,12-13H,8-11,18H2,1-2H3. The number of thiazole rings is 1. The molecule has 0 aliphatic carbocycles. The molecule has 3 rings (SSSR count). The Balaban J connectivity index is 1.71. The van der Waals surface area contributed by atoms with Crippen molar-refractivity contribution in [3.05, 3.63) is 46.4 Å². The Morgan fingerprint density at radius 2 is 1.86 bits per heavy atom. The van der Waals surface area contributed by atoms with Crippen LogP contribution in [0.3, 0.4) is 0 Å². The molecule has 1 aliphatic heterocycles. The topological polar surface area (TPSA) is 42.1 Å². The third kappa shape index (κ3) is 2.97. The third-order valence-electron chi connectivity index (χ3n) is 4.32. The van der Waals surface area contributed by atoms with Gasteiger partial charge < -0.3 is 10.6 Å². The van der Waals surface area contributed by atoms with E-state index >= 15 is 0 Å². The fourth-order valence-corrected chi connectivity index (χ4v) is 3.95. The first-order chi connectivity index (χ1) is 10.1. The molecular weight excluding hydrogens is 278 g/mol. The minimum absolute atomic E-state index is 0.247. The van der Waals surface area contributed by atoms with E-state index in [0.29, 0.717) is 5.92 Å². The number of aromatic nitrogens is 1. The molecule has 0 amide bonds. The van der Waals surface area contributed by atoms with E-state index in [0.717, 1.165) is 30.9 Å². The van der Waals surface area contributed by atoms with E-state index in [1.165, 1.54) is 11.4 Å². The molecule has 1 fully saturated rings. The van der Waals surface area contributed by atoms with Gasteiger partial charge in [0.25, 0.3) is 0 Å². The lowest BCUT2D eigenvalue weighted by molar-refractivity contribution is 0.340. The van der Waals surface area contributed by atoms with Crippen molar-refractivity contribution in [3.8, 4) is 0 Å². The molecule has 1 saturated heterocycles. The Labute approximate surface area is 130 Å². The third-order valence-corrected chi connectivity index (χ3v) is 5.40. The zero-order chi connectivity index (χ0) is 14.9. The summed E-state index contributed by atoms with van der Waals surface area (Å²) in [5.74, 6) is 0.475. The van der Waals surface area contributed by atoms with Gasteiger partial charge in [-0.1, -0.05) is 32.0 Å². The van der Waals surface area contributed by atoms with Crippen molar-refractivity contribution in [2.45, 2.75) is 38.1 Å². The first kappa shape index (κ1) is 14.5. The van der Waals surface area contributed by atoms with Crippen LogP contribution in [0.15, 0.2) is 35.7 Å². The Kier molecular flexibility index (Phi) is 4.00. The minimum Gasteiger partial charge on any atom is -0.371 e. The Hall–Kier alpha value is -1.39. The second-order valence-corrected chi connectivity index (χ2v) is 7.07. The van der Waals surface area contributed by atoms with Crippen LogP contribution in [0.2, 0.25) is 0 Å². The largest absolute Gasteiger partial charge is 0.371 e. The van der Waals surface area contributed by atoms with Crippen LogP contribution in [0.25, 0.3) is 0 Å². The van der Waals surface area contributed by atoms with E-state index in [4.69, 9.17) is 10.7 Å². The minimum atomic E-state index is -0.247. The highest BCUT2D eigenvalue weighted by molar-refractivity contribution is 7.09. The van der Waals surface area contributed by atoms with Gasteiger partial charge in [0.05, 0.1) is 11.2 Å². The first-order valence-electron chi connectivity index (χ1n) is 7.63. The molecule has 2 N–H and O–H groups in total. The SMILES string of the molecule is CC(C)c1csc(C2(N)CCN(c3ccccc3)CC2)n1. The van der Waals surface area contributed by atoms with Crippen LogP contribution in [0.5, 0.6) is 0 Å². The zero-order valence-corrected chi connectivity index (χ0v) is 13.6. The Morgan fingerprint density at radius 3 is 2.43 bits per heavy atom. The van der Waals surface area contributed by atoms with Gasteiger partial charge in [0.2, 0.25) is 0 Å². The monoisotopic (exact) mass is 301 g/mol. The maximum atomic E-state index is 6.66. The zero-order valence-electron chi connectivity index (χ0n) is 12.7. The molecule has 0 spiro atoms. The normalized spacial score (nSPS) is 18.2. The van der Waals surface area contributed by atoms with E-state index in [1.807, 2.05) is 0 Å². The van der Waals surface area contributed by atoms with Crippen molar-refractivity contribution in [1.82, 2.24) is 4.98 Å². The summed E-state index contributed by atoms with van der Waals surface area (Å²) in [6.07, 6.45) is 1.93. The van der Waals surface area contributed by atoms with Crippen LogP contribution in [0, 0.1) is 0 Å². The molecule has 0 radical (unpaired) electrons. The number of rotatable bonds is 3. The average Bonchev–Trinajstić information content (AvgIpc) is 3.00. The molecule has 21 heavy (non-hydrogen) atoms. The van der Waals surface area contributed by atoms with E-state index < -0.39 is 0 Å². The highest BCUT2D eigenvalue weighted by Crippen LogP contribution is 2.35. The van der Waals surface area contributed by atoms with Gasteiger partial charge >= 0.3 is 0 Å². The summed E-state index contributed by atoms with van der Waals surface area (Å²) in [6.45, 7) is 6.36. The first-order valence-corrected chi connectivity index (χ1v) is 8.51. The lowest BCUT2D eigenvalue weighted by atomic mass is 9.89. The average molecular weight is 301 g/mol. The number of anilines is 1. The van der Waals surface area contributed by atoms with Gasteiger partial charge in [-0.25, -0.2) is 4.98 Å². The molecular formula is C17H23N3S.